The average Bonchev–Trinajstić information content (AvgIpc) is 2.82. The highest BCUT2D eigenvalue weighted by molar-refractivity contribution is 4.93. The second-order valence-electron chi connectivity index (χ2n) is 4.44. The molecule has 0 N–H and O–H groups in total. The van der Waals surface area contributed by atoms with E-state index in [-0.39, 0.29) is 0 Å². The summed E-state index contributed by atoms with van der Waals surface area (Å²) in [5.74, 6) is 0. The van der Waals surface area contributed by atoms with Crippen molar-refractivity contribution in [3.05, 3.63) is 0 Å². The Morgan fingerprint density at radius 3 is 2.33 bits per heavy atom. The monoisotopic (exact) mass is 169 g/mol. The molecule has 0 aromatic heterocycles. The smallest absolute Gasteiger partial charge is 0.00348 e. The molecule has 1 saturated carbocycles. The largest absolute Gasteiger partial charge is 0.306 e. The van der Waals surface area contributed by atoms with E-state index in [0.717, 1.165) is 5.41 Å². The maximum Gasteiger partial charge on any atom is 0.00348 e. The second kappa shape index (κ2) is 4.27. The maximum absolute atomic E-state index is 2.51. The quantitative estimate of drug-likeness (QED) is 0.591. The van der Waals surface area contributed by atoms with Crippen molar-refractivity contribution in [3.8, 4) is 0 Å². The third-order valence-electron chi connectivity index (χ3n) is 3.21. The molecule has 0 unspecified atom stereocenters. The summed E-state index contributed by atoms with van der Waals surface area (Å²) in [4.78, 5) is 2.51. The molecular formula is C11H23N. The van der Waals surface area contributed by atoms with Crippen LogP contribution in [0.25, 0.3) is 0 Å². The third-order valence-corrected chi connectivity index (χ3v) is 3.21. The lowest BCUT2D eigenvalue weighted by atomic mass is 10.0. The first kappa shape index (κ1) is 10.0. The van der Waals surface area contributed by atoms with Gasteiger partial charge in [0, 0.05) is 6.54 Å². The molecular weight excluding hydrogens is 146 g/mol. The molecule has 0 aromatic carbocycles. The van der Waals surface area contributed by atoms with Crippen LogP contribution < -0.4 is 0 Å². The molecule has 0 aromatic rings. The van der Waals surface area contributed by atoms with E-state index in [0.29, 0.717) is 0 Å². The fraction of sp³-hybridized carbons (Fsp3) is 1.00. The van der Waals surface area contributed by atoms with Crippen LogP contribution in [-0.4, -0.2) is 25.0 Å². The SMILES string of the molecule is CCCCN(C)CC1(CC)CC1. The van der Waals surface area contributed by atoms with Gasteiger partial charge < -0.3 is 4.90 Å². The van der Waals surface area contributed by atoms with Crippen LogP contribution in [0.2, 0.25) is 0 Å². The molecule has 1 nitrogen and oxygen atoms in total. The summed E-state index contributed by atoms with van der Waals surface area (Å²) in [6, 6.07) is 0. The highest BCUT2D eigenvalue weighted by Gasteiger charge is 2.40. The zero-order valence-electron chi connectivity index (χ0n) is 8.90. The van der Waals surface area contributed by atoms with Crippen LogP contribution in [0.3, 0.4) is 0 Å². The van der Waals surface area contributed by atoms with Crippen molar-refractivity contribution in [1.82, 2.24) is 4.90 Å². The molecule has 72 valence electrons. The van der Waals surface area contributed by atoms with Gasteiger partial charge in [-0.3, -0.25) is 0 Å². The molecule has 0 amide bonds. The molecule has 1 heteroatoms. The first-order valence-corrected chi connectivity index (χ1v) is 5.41. The fourth-order valence-electron chi connectivity index (χ4n) is 1.88. The summed E-state index contributed by atoms with van der Waals surface area (Å²) in [7, 11) is 2.27. The number of nitrogens with zero attached hydrogens (tertiary/aromatic N) is 1. The van der Waals surface area contributed by atoms with Gasteiger partial charge in [-0.2, -0.15) is 0 Å². The van der Waals surface area contributed by atoms with E-state index in [9.17, 15) is 0 Å². The minimum absolute atomic E-state index is 0.739. The Balaban J connectivity index is 2.13. The summed E-state index contributed by atoms with van der Waals surface area (Å²) in [6.45, 7) is 7.23. The highest BCUT2D eigenvalue weighted by Crippen LogP contribution is 2.48. The minimum Gasteiger partial charge on any atom is -0.306 e. The van der Waals surface area contributed by atoms with E-state index in [2.05, 4.69) is 25.8 Å². The first-order valence-electron chi connectivity index (χ1n) is 5.41. The Labute approximate surface area is 77.1 Å². The van der Waals surface area contributed by atoms with Crippen LogP contribution in [-0.2, 0) is 0 Å². The topological polar surface area (TPSA) is 3.24 Å². The van der Waals surface area contributed by atoms with Gasteiger partial charge in [0.1, 0.15) is 0 Å². The molecule has 1 aliphatic carbocycles. The summed E-state index contributed by atoms with van der Waals surface area (Å²) in [5, 5.41) is 0. The average molecular weight is 169 g/mol. The molecule has 0 saturated heterocycles. The number of hydrogen-bond acceptors (Lipinski definition) is 1. The van der Waals surface area contributed by atoms with Gasteiger partial charge in [0.25, 0.3) is 0 Å². The molecule has 12 heavy (non-hydrogen) atoms. The molecule has 0 heterocycles. The van der Waals surface area contributed by atoms with Gasteiger partial charge in [0.05, 0.1) is 0 Å². The van der Waals surface area contributed by atoms with E-state index >= 15 is 0 Å². The van der Waals surface area contributed by atoms with Crippen molar-refractivity contribution >= 4 is 0 Å². The van der Waals surface area contributed by atoms with Gasteiger partial charge >= 0.3 is 0 Å². The van der Waals surface area contributed by atoms with Crippen LogP contribution in [0.15, 0.2) is 0 Å². The Bertz CT molecular complexity index is 127. The molecule has 1 rings (SSSR count). The van der Waals surface area contributed by atoms with Gasteiger partial charge in [-0.1, -0.05) is 20.3 Å². The van der Waals surface area contributed by atoms with Gasteiger partial charge in [0.15, 0.2) is 0 Å². The normalized spacial score (nSPS) is 20.0. The van der Waals surface area contributed by atoms with E-state index in [1.165, 1.54) is 45.2 Å². The van der Waals surface area contributed by atoms with Crippen LogP contribution >= 0.6 is 0 Å². The highest BCUT2D eigenvalue weighted by atomic mass is 15.1. The second-order valence-corrected chi connectivity index (χ2v) is 4.44. The summed E-state index contributed by atoms with van der Waals surface area (Å²) in [6.07, 6.45) is 7.00. The molecule has 0 atom stereocenters. The molecule has 0 spiro atoms. The van der Waals surface area contributed by atoms with Crippen LogP contribution in [0, 0.1) is 5.41 Å². The lowest BCUT2D eigenvalue weighted by Crippen LogP contribution is -2.27. The van der Waals surface area contributed by atoms with Crippen molar-refractivity contribution in [1.29, 1.82) is 0 Å². The third kappa shape index (κ3) is 2.78. The van der Waals surface area contributed by atoms with Crippen molar-refractivity contribution in [2.75, 3.05) is 20.1 Å². The van der Waals surface area contributed by atoms with Gasteiger partial charge in [-0.25, -0.2) is 0 Å². The Morgan fingerprint density at radius 2 is 1.92 bits per heavy atom. The van der Waals surface area contributed by atoms with Crippen LogP contribution in [0.4, 0.5) is 0 Å². The summed E-state index contributed by atoms with van der Waals surface area (Å²) < 4.78 is 0. The lowest BCUT2D eigenvalue weighted by Gasteiger charge is -2.22. The van der Waals surface area contributed by atoms with Gasteiger partial charge in [-0.15, -0.1) is 0 Å². The first-order chi connectivity index (χ1) is 5.72. The lowest BCUT2D eigenvalue weighted by molar-refractivity contribution is 0.254. The van der Waals surface area contributed by atoms with E-state index in [1.54, 1.807) is 0 Å². The van der Waals surface area contributed by atoms with Crippen LogP contribution in [0.1, 0.15) is 46.0 Å². The number of hydrogen-bond donors (Lipinski definition) is 0. The van der Waals surface area contributed by atoms with Gasteiger partial charge in [-0.05, 0) is 44.7 Å². The standard InChI is InChI=1S/C11H23N/c1-4-6-9-12(3)10-11(5-2)7-8-11/h4-10H2,1-3H3. The molecule has 0 radical (unpaired) electrons. The van der Waals surface area contributed by atoms with E-state index in [4.69, 9.17) is 0 Å². The van der Waals surface area contributed by atoms with E-state index < -0.39 is 0 Å². The summed E-state index contributed by atoms with van der Waals surface area (Å²) >= 11 is 0. The Hall–Kier alpha value is -0.0400. The number of unbranched alkanes of at least 4 members (excludes halogenated alkanes) is 1. The van der Waals surface area contributed by atoms with Crippen molar-refractivity contribution in [2.24, 2.45) is 5.41 Å². The zero-order valence-corrected chi connectivity index (χ0v) is 8.90. The Morgan fingerprint density at radius 1 is 1.25 bits per heavy atom. The van der Waals surface area contributed by atoms with Crippen molar-refractivity contribution in [3.63, 3.8) is 0 Å². The predicted molar refractivity (Wildman–Crippen MR) is 54.4 cm³/mol. The zero-order chi connectivity index (χ0) is 9.03. The molecule has 1 fully saturated rings. The predicted octanol–water partition coefficient (Wildman–Crippen LogP) is 2.91. The number of rotatable bonds is 6. The Kier molecular flexibility index (Phi) is 3.57. The van der Waals surface area contributed by atoms with E-state index in [1.807, 2.05) is 0 Å². The molecule has 1 aliphatic rings. The fourth-order valence-corrected chi connectivity index (χ4v) is 1.88. The maximum atomic E-state index is 2.51. The van der Waals surface area contributed by atoms with Gasteiger partial charge in [0.2, 0.25) is 0 Å². The molecule has 0 bridgehead atoms. The molecule has 0 aliphatic heterocycles. The van der Waals surface area contributed by atoms with Crippen LogP contribution in [0.5, 0.6) is 0 Å². The van der Waals surface area contributed by atoms with Crippen molar-refractivity contribution in [2.45, 2.75) is 46.0 Å². The summed E-state index contributed by atoms with van der Waals surface area (Å²) in [5.41, 5.74) is 0.739. The van der Waals surface area contributed by atoms with Crippen molar-refractivity contribution < 1.29 is 0 Å². The minimum atomic E-state index is 0.739.